The number of hydrogen-bond acceptors (Lipinski definition) is 4. The molecule has 0 aliphatic rings. The summed E-state index contributed by atoms with van der Waals surface area (Å²) in [6, 6.07) is 75.5. The van der Waals surface area contributed by atoms with Gasteiger partial charge in [0.15, 0.2) is 17.5 Å². The highest BCUT2D eigenvalue weighted by Crippen LogP contribution is 2.46. The fourth-order valence-electron chi connectivity index (χ4n) is 9.48. The minimum atomic E-state index is 0.638. The summed E-state index contributed by atoms with van der Waals surface area (Å²) in [5, 5.41) is 7.31. The quantitative estimate of drug-likeness (QED) is 0.168. The van der Waals surface area contributed by atoms with Crippen LogP contribution in [-0.2, 0) is 0 Å². The van der Waals surface area contributed by atoms with Crippen molar-refractivity contribution in [3.8, 4) is 56.7 Å². The smallest absolute Gasteiger partial charge is 0.164 e. The van der Waals surface area contributed by atoms with Gasteiger partial charge in [-0.1, -0.05) is 164 Å². The third-order valence-corrected chi connectivity index (χ3v) is 13.6. The topological polar surface area (TPSA) is 48.5 Å². The molecule has 4 heterocycles. The van der Waals surface area contributed by atoms with E-state index in [4.69, 9.17) is 15.0 Å². The van der Waals surface area contributed by atoms with Crippen LogP contribution in [0.1, 0.15) is 0 Å². The van der Waals surface area contributed by atoms with Crippen molar-refractivity contribution >= 4 is 75.1 Å². The summed E-state index contributed by atoms with van der Waals surface area (Å²) in [6.45, 7) is 0. The zero-order chi connectivity index (χ0) is 41.4. The lowest BCUT2D eigenvalue weighted by Gasteiger charge is -2.10. The van der Waals surface area contributed by atoms with Gasteiger partial charge < -0.3 is 9.13 Å². The molecule has 63 heavy (non-hydrogen) atoms. The number of thiophene rings is 1. The first-order valence-corrected chi connectivity index (χ1v) is 22.0. The second-order valence-electron chi connectivity index (χ2n) is 16.0. The van der Waals surface area contributed by atoms with Gasteiger partial charge in [0.05, 0.1) is 37.2 Å². The highest BCUT2D eigenvalue weighted by Gasteiger charge is 2.22. The van der Waals surface area contributed by atoms with Gasteiger partial charge in [0.1, 0.15) is 0 Å². The number of hydrogen-bond donors (Lipinski definition) is 0. The van der Waals surface area contributed by atoms with E-state index < -0.39 is 0 Å². The monoisotopic (exact) mass is 821 g/mol. The number of benzene rings is 9. The van der Waals surface area contributed by atoms with E-state index in [9.17, 15) is 0 Å². The average molecular weight is 822 g/mol. The van der Waals surface area contributed by atoms with Crippen LogP contribution in [0, 0.1) is 0 Å². The molecule has 13 rings (SSSR count). The molecule has 0 amide bonds. The number of nitrogens with zero attached hydrogens (tertiary/aromatic N) is 5. The number of rotatable bonds is 6. The Bertz CT molecular complexity index is 3830. The first kappa shape index (κ1) is 35.6. The highest BCUT2D eigenvalue weighted by atomic mass is 32.1. The van der Waals surface area contributed by atoms with Crippen molar-refractivity contribution in [2.24, 2.45) is 0 Å². The minimum Gasteiger partial charge on any atom is -0.308 e. The zero-order valence-electron chi connectivity index (χ0n) is 33.9. The summed E-state index contributed by atoms with van der Waals surface area (Å²) in [5.74, 6) is 1.93. The summed E-state index contributed by atoms with van der Waals surface area (Å²) < 4.78 is 7.43. The Morgan fingerprint density at radius 3 is 1.54 bits per heavy atom. The Hall–Kier alpha value is -8.19. The Morgan fingerprint density at radius 2 is 0.825 bits per heavy atom. The maximum atomic E-state index is 5.10. The van der Waals surface area contributed by atoms with Crippen molar-refractivity contribution in [2.45, 2.75) is 0 Å². The Balaban J connectivity index is 1.06. The van der Waals surface area contributed by atoms with Crippen LogP contribution in [0.5, 0.6) is 0 Å². The lowest BCUT2D eigenvalue weighted by atomic mass is 10.0. The van der Waals surface area contributed by atoms with Crippen LogP contribution in [0.4, 0.5) is 0 Å². The van der Waals surface area contributed by atoms with E-state index >= 15 is 0 Å². The molecule has 0 bridgehead atoms. The molecule has 0 aliphatic carbocycles. The molecule has 13 aromatic rings. The third-order valence-electron chi connectivity index (χ3n) is 12.4. The van der Waals surface area contributed by atoms with Gasteiger partial charge in [-0.3, -0.25) is 0 Å². The molecule has 0 spiro atoms. The standard InChI is InChI=1S/C57H35N5S/c1-5-16-36(17-6-1)39-28-30-43-42-24-13-14-26-48(42)62(51(43)35-39)50-27-15-25-45-46-32-31-44-47-34-40(29-33-49(47)61(41-22-11-4-12-23-41)52(44)54(46)63-53(45)50)57-59-55(37-18-7-2-8-19-37)58-56(60-57)38-20-9-3-10-21-38/h1-35H. The summed E-state index contributed by atoms with van der Waals surface area (Å²) in [4.78, 5) is 15.2. The van der Waals surface area contributed by atoms with E-state index in [2.05, 4.69) is 185 Å². The van der Waals surface area contributed by atoms with E-state index in [1.807, 2.05) is 47.7 Å². The van der Waals surface area contributed by atoms with Gasteiger partial charge in [0, 0.05) is 54.7 Å². The van der Waals surface area contributed by atoms with Crippen LogP contribution >= 0.6 is 11.3 Å². The van der Waals surface area contributed by atoms with E-state index in [0.717, 1.165) is 33.3 Å². The van der Waals surface area contributed by atoms with E-state index in [1.54, 1.807) is 0 Å². The van der Waals surface area contributed by atoms with Crippen LogP contribution in [0.15, 0.2) is 212 Å². The van der Waals surface area contributed by atoms with Gasteiger partial charge in [-0.15, -0.1) is 11.3 Å². The van der Waals surface area contributed by atoms with Crippen LogP contribution in [0.3, 0.4) is 0 Å². The molecule has 9 aromatic carbocycles. The summed E-state index contributed by atoms with van der Waals surface area (Å²) >= 11 is 1.88. The lowest BCUT2D eigenvalue weighted by molar-refractivity contribution is 1.07. The summed E-state index contributed by atoms with van der Waals surface area (Å²) in [5.41, 5.74) is 12.3. The molecular weight excluding hydrogens is 787 g/mol. The van der Waals surface area contributed by atoms with E-state index in [0.29, 0.717) is 17.5 Å². The predicted molar refractivity (Wildman–Crippen MR) is 263 cm³/mol. The molecule has 0 saturated heterocycles. The van der Waals surface area contributed by atoms with Crippen LogP contribution in [-0.4, -0.2) is 24.1 Å². The van der Waals surface area contributed by atoms with Gasteiger partial charge in [-0.2, -0.15) is 0 Å². The molecule has 0 saturated carbocycles. The van der Waals surface area contributed by atoms with Crippen LogP contribution < -0.4 is 0 Å². The summed E-state index contributed by atoms with van der Waals surface area (Å²) in [6.07, 6.45) is 0. The van der Waals surface area contributed by atoms with Gasteiger partial charge >= 0.3 is 0 Å². The average Bonchev–Trinajstić information content (AvgIpc) is 4.02. The first-order valence-electron chi connectivity index (χ1n) is 21.2. The van der Waals surface area contributed by atoms with Crippen molar-refractivity contribution in [1.82, 2.24) is 24.1 Å². The molecule has 294 valence electrons. The fraction of sp³-hybridized carbons (Fsp3) is 0. The zero-order valence-corrected chi connectivity index (χ0v) is 34.7. The van der Waals surface area contributed by atoms with Crippen molar-refractivity contribution in [3.63, 3.8) is 0 Å². The van der Waals surface area contributed by atoms with Gasteiger partial charge in [0.25, 0.3) is 0 Å². The predicted octanol–water partition coefficient (Wildman–Crippen LogP) is 15.1. The second kappa shape index (κ2) is 14.2. The van der Waals surface area contributed by atoms with E-state index in [-0.39, 0.29) is 0 Å². The lowest BCUT2D eigenvalue weighted by Crippen LogP contribution is -2.00. The maximum absolute atomic E-state index is 5.10. The van der Waals surface area contributed by atoms with Crippen molar-refractivity contribution in [2.75, 3.05) is 0 Å². The Morgan fingerprint density at radius 1 is 0.302 bits per heavy atom. The Kier molecular flexibility index (Phi) is 8.01. The van der Waals surface area contributed by atoms with Gasteiger partial charge in [-0.25, -0.2) is 15.0 Å². The highest BCUT2D eigenvalue weighted by molar-refractivity contribution is 7.27. The summed E-state index contributed by atoms with van der Waals surface area (Å²) in [7, 11) is 0. The molecular formula is C57H35N5S. The molecule has 0 atom stereocenters. The fourth-order valence-corrected chi connectivity index (χ4v) is 10.8. The number of aromatic nitrogens is 5. The SMILES string of the molecule is c1ccc(-c2ccc3c4ccccc4n(-c4cccc5c4sc4c5ccc5c6cc(-c7nc(-c8ccccc8)nc(-c8ccccc8)n7)ccc6n(-c6ccccc6)c54)c3c2)cc1. The number of fused-ring (bicyclic) bond motifs is 10. The molecule has 0 radical (unpaired) electrons. The molecule has 0 aliphatic heterocycles. The maximum Gasteiger partial charge on any atom is 0.164 e. The largest absolute Gasteiger partial charge is 0.308 e. The molecule has 4 aromatic heterocycles. The number of para-hydroxylation sites is 2. The van der Waals surface area contributed by atoms with Gasteiger partial charge in [-0.05, 0) is 59.7 Å². The molecule has 0 fully saturated rings. The minimum absolute atomic E-state index is 0.638. The van der Waals surface area contributed by atoms with Gasteiger partial charge in [0.2, 0.25) is 0 Å². The molecule has 5 nitrogen and oxygen atoms in total. The second-order valence-corrected chi connectivity index (χ2v) is 17.0. The molecule has 0 N–H and O–H groups in total. The molecule has 6 heteroatoms. The third kappa shape index (κ3) is 5.66. The normalized spacial score (nSPS) is 11.8. The first-order chi connectivity index (χ1) is 31.2. The van der Waals surface area contributed by atoms with Crippen molar-refractivity contribution in [1.29, 1.82) is 0 Å². The van der Waals surface area contributed by atoms with Crippen molar-refractivity contribution in [3.05, 3.63) is 212 Å². The van der Waals surface area contributed by atoms with Crippen LogP contribution in [0.25, 0.3) is 120 Å². The Labute approximate surface area is 366 Å². The molecule has 0 unspecified atom stereocenters. The van der Waals surface area contributed by atoms with Crippen LogP contribution in [0.2, 0.25) is 0 Å². The van der Waals surface area contributed by atoms with E-state index in [1.165, 1.54) is 69.7 Å². The van der Waals surface area contributed by atoms with Crippen molar-refractivity contribution < 1.29 is 0 Å².